The minimum Gasteiger partial charge on any atom is -0.490 e. The standard InChI is InChI=1S/C18H27NO2/c1-13-5-6-16(14(2)19)17(11-13)21-15-7-10-20-18(12-15)8-3-4-9-18/h5-6,11,14-15H,3-4,7-10,12,19H2,1-2H3/t14-,15?/m0/s1. The van der Waals surface area contributed by atoms with Crippen molar-refractivity contribution >= 4 is 0 Å². The van der Waals surface area contributed by atoms with Crippen LogP contribution in [0.5, 0.6) is 5.75 Å². The minimum atomic E-state index is 0.000816. The van der Waals surface area contributed by atoms with Gasteiger partial charge in [-0.25, -0.2) is 0 Å². The summed E-state index contributed by atoms with van der Waals surface area (Å²) in [6, 6.07) is 6.32. The molecule has 1 unspecified atom stereocenters. The van der Waals surface area contributed by atoms with Crippen molar-refractivity contribution in [2.24, 2.45) is 5.73 Å². The molecule has 0 amide bonds. The highest BCUT2D eigenvalue weighted by Gasteiger charge is 2.40. The first-order valence-electron chi connectivity index (χ1n) is 8.25. The first-order chi connectivity index (χ1) is 10.1. The predicted octanol–water partition coefficient (Wildman–Crippen LogP) is 3.89. The van der Waals surface area contributed by atoms with Gasteiger partial charge in [-0.05, 0) is 38.3 Å². The fraction of sp³-hybridized carbons (Fsp3) is 0.667. The summed E-state index contributed by atoms with van der Waals surface area (Å²) in [5.74, 6) is 0.963. The summed E-state index contributed by atoms with van der Waals surface area (Å²) >= 11 is 0. The average Bonchev–Trinajstić information content (AvgIpc) is 2.86. The second kappa shape index (κ2) is 5.98. The van der Waals surface area contributed by atoms with E-state index in [1.807, 2.05) is 6.92 Å². The maximum Gasteiger partial charge on any atom is 0.124 e. The van der Waals surface area contributed by atoms with Crippen LogP contribution in [0.1, 0.15) is 62.6 Å². The van der Waals surface area contributed by atoms with Crippen molar-refractivity contribution in [1.29, 1.82) is 0 Å². The van der Waals surface area contributed by atoms with Crippen molar-refractivity contribution in [1.82, 2.24) is 0 Å². The van der Waals surface area contributed by atoms with E-state index in [0.29, 0.717) is 0 Å². The van der Waals surface area contributed by atoms with Crippen molar-refractivity contribution in [3.63, 3.8) is 0 Å². The fourth-order valence-electron chi connectivity index (χ4n) is 3.75. The second-order valence-electron chi connectivity index (χ2n) is 6.80. The monoisotopic (exact) mass is 289 g/mol. The Morgan fingerprint density at radius 3 is 2.81 bits per heavy atom. The molecule has 3 nitrogen and oxygen atoms in total. The Morgan fingerprint density at radius 2 is 2.10 bits per heavy atom. The topological polar surface area (TPSA) is 44.5 Å². The highest BCUT2D eigenvalue weighted by atomic mass is 16.5. The van der Waals surface area contributed by atoms with E-state index < -0.39 is 0 Å². The molecule has 1 saturated carbocycles. The van der Waals surface area contributed by atoms with Gasteiger partial charge in [0.2, 0.25) is 0 Å². The van der Waals surface area contributed by atoms with Gasteiger partial charge in [0.25, 0.3) is 0 Å². The lowest BCUT2D eigenvalue weighted by atomic mass is 9.90. The molecule has 1 aliphatic carbocycles. The third-order valence-corrected chi connectivity index (χ3v) is 4.92. The van der Waals surface area contributed by atoms with Gasteiger partial charge in [0.15, 0.2) is 0 Å². The molecule has 2 fully saturated rings. The van der Waals surface area contributed by atoms with Gasteiger partial charge in [0.05, 0.1) is 12.2 Å². The normalized spacial score (nSPS) is 26.0. The lowest BCUT2D eigenvalue weighted by Gasteiger charge is -2.38. The minimum absolute atomic E-state index is 0.000816. The van der Waals surface area contributed by atoms with Crippen LogP contribution in [0.25, 0.3) is 0 Å². The van der Waals surface area contributed by atoms with Crippen LogP contribution < -0.4 is 10.5 Å². The zero-order valence-corrected chi connectivity index (χ0v) is 13.2. The Hall–Kier alpha value is -1.06. The molecular formula is C18H27NO2. The lowest BCUT2D eigenvalue weighted by Crippen LogP contribution is -2.41. The fourth-order valence-corrected chi connectivity index (χ4v) is 3.75. The molecule has 0 radical (unpaired) electrons. The third kappa shape index (κ3) is 3.24. The van der Waals surface area contributed by atoms with Crippen molar-refractivity contribution in [2.45, 2.75) is 70.1 Å². The molecule has 2 N–H and O–H groups in total. The van der Waals surface area contributed by atoms with Crippen molar-refractivity contribution < 1.29 is 9.47 Å². The molecule has 0 aromatic heterocycles. The quantitative estimate of drug-likeness (QED) is 0.918. The number of hydrogen-bond acceptors (Lipinski definition) is 3. The van der Waals surface area contributed by atoms with E-state index in [4.69, 9.17) is 15.2 Å². The van der Waals surface area contributed by atoms with Crippen molar-refractivity contribution in [3.8, 4) is 5.75 Å². The SMILES string of the molecule is Cc1ccc([C@H](C)N)c(OC2CCOC3(CCCC3)C2)c1. The molecule has 21 heavy (non-hydrogen) atoms. The van der Waals surface area contributed by atoms with Gasteiger partial charge in [0, 0.05) is 24.4 Å². The number of benzene rings is 1. The Morgan fingerprint density at radius 1 is 1.33 bits per heavy atom. The van der Waals surface area contributed by atoms with Gasteiger partial charge in [-0.3, -0.25) is 0 Å². The lowest BCUT2D eigenvalue weighted by molar-refractivity contribution is -0.108. The van der Waals surface area contributed by atoms with E-state index in [0.717, 1.165) is 30.8 Å². The second-order valence-corrected chi connectivity index (χ2v) is 6.80. The summed E-state index contributed by atoms with van der Waals surface area (Å²) in [5, 5.41) is 0. The van der Waals surface area contributed by atoms with E-state index in [9.17, 15) is 0 Å². The van der Waals surface area contributed by atoms with Gasteiger partial charge < -0.3 is 15.2 Å². The number of nitrogens with two attached hydrogens (primary N) is 1. The van der Waals surface area contributed by atoms with Crippen LogP contribution in [-0.2, 0) is 4.74 Å². The van der Waals surface area contributed by atoms with Crippen molar-refractivity contribution in [2.75, 3.05) is 6.61 Å². The van der Waals surface area contributed by atoms with Crippen LogP contribution in [0.4, 0.5) is 0 Å². The summed E-state index contributed by atoms with van der Waals surface area (Å²) in [4.78, 5) is 0. The van der Waals surface area contributed by atoms with Gasteiger partial charge >= 0.3 is 0 Å². The zero-order chi connectivity index (χ0) is 14.9. The molecule has 0 bridgehead atoms. The molecule has 3 heteroatoms. The maximum absolute atomic E-state index is 6.36. The number of aryl methyl sites for hydroxylation is 1. The molecule has 1 aromatic carbocycles. The number of hydrogen-bond donors (Lipinski definition) is 1. The first kappa shape index (κ1) is 14.9. The molecule has 1 saturated heterocycles. The van der Waals surface area contributed by atoms with Crippen molar-refractivity contribution in [3.05, 3.63) is 29.3 Å². The Labute approximate surface area is 127 Å². The van der Waals surface area contributed by atoms with Gasteiger partial charge in [-0.1, -0.05) is 25.0 Å². The van der Waals surface area contributed by atoms with Gasteiger partial charge in [0.1, 0.15) is 11.9 Å². The van der Waals surface area contributed by atoms with E-state index in [-0.39, 0.29) is 17.7 Å². The predicted molar refractivity (Wildman–Crippen MR) is 84.6 cm³/mol. The average molecular weight is 289 g/mol. The summed E-state index contributed by atoms with van der Waals surface area (Å²) in [6.07, 6.45) is 7.25. The molecule has 1 aliphatic heterocycles. The largest absolute Gasteiger partial charge is 0.490 e. The van der Waals surface area contributed by atoms with Crippen LogP contribution in [0.2, 0.25) is 0 Å². The molecule has 1 heterocycles. The number of rotatable bonds is 3. The Bertz CT molecular complexity index is 492. The molecule has 1 aromatic rings. The molecule has 2 atom stereocenters. The van der Waals surface area contributed by atoms with E-state index in [2.05, 4.69) is 25.1 Å². The summed E-state index contributed by atoms with van der Waals surface area (Å²) in [6.45, 7) is 4.93. The van der Waals surface area contributed by atoms with E-state index in [1.54, 1.807) is 0 Å². The van der Waals surface area contributed by atoms with E-state index in [1.165, 1.54) is 31.2 Å². The Balaban J connectivity index is 1.75. The molecule has 116 valence electrons. The Kier molecular flexibility index (Phi) is 4.23. The number of ether oxygens (including phenoxy) is 2. The third-order valence-electron chi connectivity index (χ3n) is 4.92. The first-order valence-corrected chi connectivity index (χ1v) is 8.25. The van der Waals surface area contributed by atoms with Gasteiger partial charge in [-0.2, -0.15) is 0 Å². The maximum atomic E-state index is 6.36. The molecule has 1 spiro atoms. The van der Waals surface area contributed by atoms with Crippen LogP contribution in [0.15, 0.2) is 18.2 Å². The highest BCUT2D eigenvalue weighted by molar-refractivity contribution is 5.39. The summed E-state index contributed by atoms with van der Waals surface area (Å²) < 4.78 is 12.4. The van der Waals surface area contributed by atoms with Crippen LogP contribution in [0.3, 0.4) is 0 Å². The van der Waals surface area contributed by atoms with Crippen LogP contribution in [-0.4, -0.2) is 18.3 Å². The van der Waals surface area contributed by atoms with E-state index >= 15 is 0 Å². The summed E-state index contributed by atoms with van der Waals surface area (Å²) in [7, 11) is 0. The summed E-state index contributed by atoms with van der Waals surface area (Å²) in [5.41, 5.74) is 8.50. The molecular weight excluding hydrogens is 262 g/mol. The molecule has 3 rings (SSSR count). The van der Waals surface area contributed by atoms with Crippen LogP contribution >= 0.6 is 0 Å². The van der Waals surface area contributed by atoms with Crippen LogP contribution in [0, 0.1) is 6.92 Å². The van der Waals surface area contributed by atoms with Gasteiger partial charge in [-0.15, -0.1) is 0 Å². The zero-order valence-electron chi connectivity index (χ0n) is 13.2. The molecule has 2 aliphatic rings. The smallest absolute Gasteiger partial charge is 0.124 e. The highest BCUT2D eigenvalue weighted by Crippen LogP contribution is 2.41.